The van der Waals surface area contributed by atoms with Crippen molar-refractivity contribution in [2.75, 3.05) is 19.6 Å². The average Bonchev–Trinajstić information content (AvgIpc) is 2.47. The molecule has 118 valence electrons. The second kappa shape index (κ2) is 7.45. The molecule has 1 aliphatic heterocycles. The lowest BCUT2D eigenvalue weighted by Gasteiger charge is -2.31. The third-order valence-electron chi connectivity index (χ3n) is 5.04. The zero-order valence-corrected chi connectivity index (χ0v) is 14.5. The Bertz CT molecular complexity index is 404. The van der Waals surface area contributed by atoms with Gasteiger partial charge in [-0.25, -0.2) is 0 Å². The molecule has 1 aliphatic rings. The molecule has 0 aliphatic carbocycles. The van der Waals surface area contributed by atoms with E-state index < -0.39 is 0 Å². The maximum Gasteiger partial charge on any atom is -0.00156 e. The standard InChI is InChI=1S/C20H33N/c1-5-17-12-15-21(16-13-17)14-6-7-18-8-10-19(11-9-18)20(2,3)4/h8-11,17H,5-7,12-16H2,1-4H3. The summed E-state index contributed by atoms with van der Waals surface area (Å²) in [6, 6.07) is 9.26. The highest BCUT2D eigenvalue weighted by atomic mass is 15.1. The Hall–Kier alpha value is -0.820. The van der Waals surface area contributed by atoms with Crippen molar-refractivity contribution in [3.8, 4) is 0 Å². The van der Waals surface area contributed by atoms with E-state index in [1.165, 1.54) is 62.9 Å². The molecule has 0 atom stereocenters. The third-order valence-corrected chi connectivity index (χ3v) is 5.04. The fraction of sp³-hybridized carbons (Fsp3) is 0.700. The Balaban J connectivity index is 1.72. The summed E-state index contributed by atoms with van der Waals surface area (Å²) in [5, 5.41) is 0. The van der Waals surface area contributed by atoms with Crippen LogP contribution in [0, 0.1) is 5.92 Å². The summed E-state index contributed by atoms with van der Waals surface area (Å²) in [4.78, 5) is 2.66. The highest BCUT2D eigenvalue weighted by Crippen LogP contribution is 2.23. The zero-order valence-electron chi connectivity index (χ0n) is 14.5. The molecule has 2 rings (SSSR count). The normalized spacial score (nSPS) is 18.1. The van der Waals surface area contributed by atoms with E-state index in [2.05, 4.69) is 56.9 Å². The molecule has 0 amide bonds. The van der Waals surface area contributed by atoms with Crippen LogP contribution in [0.15, 0.2) is 24.3 Å². The van der Waals surface area contributed by atoms with E-state index in [1.54, 1.807) is 0 Å². The molecule has 0 aromatic heterocycles. The van der Waals surface area contributed by atoms with Crippen LogP contribution in [-0.2, 0) is 11.8 Å². The molecule has 1 saturated heterocycles. The number of likely N-dealkylation sites (tertiary alicyclic amines) is 1. The zero-order chi connectivity index (χ0) is 15.3. The fourth-order valence-corrected chi connectivity index (χ4v) is 3.30. The minimum absolute atomic E-state index is 0.266. The van der Waals surface area contributed by atoms with Crippen molar-refractivity contribution in [3.05, 3.63) is 35.4 Å². The first-order chi connectivity index (χ1) is 9.99. The van der Waals surface area contributed by atoms with Crippen LogP contribution in [0.2, 0.25) is 0 Å². The second-order valence-corrected chi connectivity index (χ2v) is 7.74. The van der Waals surface area contributed by atoms with Gasteiger partial charge in [0.25, 0.3) is 0 Å². The monoisotopic (exact) mass is 287 g/mol. The first-order valence-electron chi connectivity index (χ1n) is 8.81. The molecular formula is C20H33N. The molecule has 0 radical (unpaired) electrons. The van der Waals surface area contributed by atoms with Crippen LogP contribution in [0.1, 0.15) is 64.5 Å². The predicted octanol–water partition coefficient (Wildman–Crippen LogP) is 5.04. The summed E-state index contributed by atoms with van der Waals surface area (Å²) in [6.45, 7) is 13.1. The van der Waals surface area contributed by atoms with Gasteiger partial charge in [-0.1, -0.05) is 58.4 Å². The number of hydrogen-bond acceptors (Lipinski definition) is 1. The molecule has 1 heteroatoms. The van der Waals surface area contributed by atoms with Crippen LogP contribution in [-0.4, -0.2) is 24.5 Å². The molecule has 1 nitrogen and oxygen atoms in total. The van der Waals surface area contributed by atoms with Gasteiger partial charge in [0.15, 0.2) is 0 Å². The maximum atomic E-state index is 2.66. The van der Waals surface area contributed by atoms with Crippen LogP contribution in [0.5, 0.6) is 0 Å². The van der Waals surface area contributed by atoms with Crippen LogP contribution in [0.25, 0.3) is 0 Å². The summed E-state index contributed by atoms with van der Waals surface area (Å²) in [5.74, 6) is 0.992. The first kappa shape index (κ1) is 16.5. The van der Waals surface area contributed by atoms with E-state index in [-0.39, 0.29) is 5.41 Å². The Morgan fingerprint density at radius 3 is 2.19 bits per heavy atom. The molecule has 0 N–H and O–H groups in total. The molecule has 1 aromatic rings. The van der Waals surface area contributed by atoms with Crippen molar-refractivity contribution < 1.29 is 0 Å². The third kappa shape index (κ3) is 5.14. The lowest BCUT2D eigenvalue weighted by molar-refractivity contribution is 0.180. The van der Waals surface area contributed by atoms with E-state index in [9.17, 15) is 0 Å². The smallest absolute Gasteiger partial charge is 0.00156 e. The highest BCUT2D eigenvalue weighted by Gasteiger charge is 2.17. The SMILES string of the molecule is CCC1CCN(CCCc2ccc(C(C)(C)C)cc2)CC1. The van der Waals surface area contributed by atoms with Gasteiger partial charge in [0.1, 0.15) is 0 Å². The van der Waals surface area contributed by atoms with Crippen molar-refractivity contribution >= 4 is 0 Å². The lowest BCUT2D eigenvalue weighted by atomic mass is 9.86. The van der Waals surface area contributed by atoms with Gasteiger partial charge in [0.2, 0.25) is 0 Å². The largest absolute Gasteiger partial charge is 0.303 e. The number of piperidine rings is 1. The van der Waals surface area contributed by atoms with Gasteiger partial charge >= 0.3 is 0 Å². The molecule has 1 aromatic carbocycles. The topological polar surface area (TPSA) is 3.24 Å². The number of hydrogen-bond donors (Lipinski definition) is 0. The van der Waals surface area contributed by atoms with Gasteiger partial charge in [-0.3, -0.25) is 0 Å². The van der Waals surface area contributed by atoms with Crippen molar-refractivity contribution in [3.63, 3.8) is 0 Å². The minimum atomic E-state index is 0.266. The van der Waals surface area contributed by atoms with E-state index in [1.807, 2.05) is 0 Å². The van der Waals surface area contributed by atoms with Crippen LogP contribution in [0.3, 0.4) is 0 Å². The summed E-state index contributed by atoms with van der Waals surface area (Å²) >= 11 is 0. The van der Waals surface area contributed by atoms with E-state index >= 15 is 0 Å². The quantitative estimate of drug-likeness (QED) is 0.733. The number of benzene rings is 1. The van der Waals surface area contributed by atoms with E-state index in [0.29, 0.717) is 0 Å². The molecule has 0 saturated carbocycles. The van der Waals surface area contributed by atoms with Gasteiger partial charge < -0.3 is 4.90 Å². The second-order valence-electron chi connectivity index (χ2n) is 7.74. The van der Waals surface area contributed by atoms with Crippen molar-refractivity contribution in [1.29, 1.82) is 0 Å². The fourth-order valence-electron chi connectivity index (χ4n) is 3.30. The van der Waals surface area contributed by atoms with Gasteiger partial charge in [-0.2, -0.15) is 0 Å². The molecule has 0 bridgehead atoms. The number of aryl methyl sites for hydroxylation is 1. The number of nitrogens with zero attached hydrogens (tertiary/aromatic N) is 1. The van der Waals surface area contributed by atoms with E-state index in [0.717, 1.165) is 5.92 Å². The molecular weight excluding hydrogens is 254 g/mol. The summed E-state index contributed by atoms with van der Waals surface area (Å²) in [5.41, 5.74) is 3.20. The Kier molecular flexibility index (Phi) is 5.87. The van der Waals surface area contributed by atoms with Crippen LogP contribution >= 0.6 is 0 Å². The summed E-state index contributed by atoms with van der Waals surface area (Å²) < 4.78 is 0. The van der Waals surface area contributed by atoms with Gasteiger partial charge in [-0.05, 0) is 67.8 Å². The number of rotatable bonds is 5. The molecule has 1 heterocycles. The van der Waals surface area contributed by atoms with Crippen LogP contribution in [0.4, 0.5) is 0 Å². The molecule has 0 unspecified atom stereocenters. The Morgan fingerprint density at radius 2 is 1.67 bits per heavy atom. The van der Waals surface area contributed by atoms with Gasteiger partial charge in [0, 0.05) is 0 Å². The van der Waals surface area contributed by atoms with Crippen molar-refractivity contribution in [1.82, 2.24) is 4.90 Å². The summed E-state index contributed by atoms with van der Waals surface area (Å²) in [7, 11) is 0. The van der Waals surface area contributed by atoms with Crippen molar-refractivity contribution in [2.24, 2.45) is 5.92 Å². The average molecular weight is 287 g/mol. The van der Waals surface area contributed by atoms with Gasteiger partial charge in [0.05, 0.1) is 0 Å². The van der Waals surface area contributed by atoms with Gasteiger partial charge in [-0.15, -0.1) is 0 Å². The highest BCUT2D eigenvalue weighted by molar-refractivity contribution is 5.27. The molecule has 21 heavy (non-hydrogen) atoms. The summed E-state index contributed by atoms with van der Waals surface area (Å²) in [6.07, 6.45) is 6.71. The van der Waals surface area contributed by atoms with Crippen LogP contribution < -0.4 is 0 Å². The molecule has 0 spiro atoms. The minimum Gasteiger partial charge on any atom is -0.303 e. The molecule has 1 fully saturated rings. The predicted molar refractivity (Wildman–Crippen MR) is 92.9 cm³/mol. The first-order valence-corrected chi connectivity index (χ1v) is 8.81. The Morgan fingerprint density at radius 1 is 1.05 bits per heavy atom. The maximum absolute atomic E-state index is 2.66. The van der Waals surface area contributed by atoms with Crippen molar-refractivity contribution in [2.45, 2.75) is 65.2 Å². The van der Waals surface area contributed by atoms with E-state index in [4.69, 9.17) is 0 Å². The lowest BCUT2D eigenvalue weighted by Crippen LogP contribution is -2.34. The Labute approximate surface area is 131 Å².